The molecule has 1 unspecified atom stereocenters. The first-order valence-electron chi connectivity index (χ1n) is 5.74. The van der Waals surface area contributed by atoms with Crippen molar-refractivity contribution in [1.29, 1.82) is 0 Å². The number of rotatable bonds is 2. The minimum Gasteiger partial charge on any atom is -0.506 e. The Labute approximate surface area is 110 Å². The van der Waals surface area contributed by atoms with Crippen LogP contribution in [0.3, 0.4) is 0 Å². The zero-order valence-electron chi connectivity index (χ0n) is 10.4. The molecular weight excluding hydrogens is 246 g/mol. The third-order valence-electron chi connectivity index (χ3n) is 3.05. The first kappa shape index (κ1) is 13.0. The highest BCUT2D eigenvalue weighted by atomic mass is 16.5. The standard InChI is InChI=1S/C14H13NO4/c1-3-9-6-13(17)15(8-9)11-7-10(14(18)19-2)4-5-12(11)16/h1,4-5,7,9,16H,6,8H2,2H3. The van der Waals surface area contributed by atoms with E-state index in [1.807, 2.05) is 0 Å². The number of nitrogens with zero attached hydrogens (tertiary/aromatic N) is 1. The number of phenolic OH excluding ortho intramolecular Hbond substituents is 1. The summed E-state index contributed by atoms with van der Waals surface area (Å²) in [5.74, 6) is 1.59. The topological polar surface area (TPSA) is 66.8 Å². The van der Waals surface area contributed by atoms with Crippen LogP contribution in [0.25, 0.3) is 0 Å². The van der Waals surface area contributed by atoms with Gasteiger partial charge in [-0.05, 0) is 18.2 Å². The molecule has 1 heterocycles. The van der Waals surface area contributed by atoms with Crippen molar-refractivity contribution in [3.63, 3.8) is 0 Å². The van der Waals surface area contributed by atoms with E-state index in [2.05, 4.69) is 10.7 Å². The van der Waals surface area contributed by atoms with Crippen LogP contribution in [-0.4, -0.2) is 30.6 Å². The van der Waals surface area contributed by atoms with Crippen LogP contribution in [0.4, 0.5) is 5.69 Å². The molecule has 0 saturated carbocycles. The van der Waals surface area contributed by atoms with E-state index in [1.54, 1.807) is 0 Å². The number of phenols is 1. The molecule has 19 heavy (non-hydrogen) atoms. The van der Waals surface area contributed by atoms with E-state index in [9.17, 15) is 14.7 Å². The van der Waals surface area contributed by atoms with Crippen molar-refractivity contribution in [1.82, 2.24) is 0 Å². The maximum absolute atomic E-state index is 11.9. The minimum atomic E-state index is -0.526. The average molecular weight is 259 g/mol. The Kier molecular flexibility index (Phi) is 3.43. The van der Waals surface area contributed by atoms with E-state index < -0.39 is 5.97 Å². The third-order valence-corrected chi connectivity index (χ3v) is 3.05. The molecule has 1 saturated heterocycles. The van der Waals surface area contributed by atoms with Crippen LogP contribution >= 0.6 is 0 Å². The van der Waals surface area contributed by atoms with Gasteiger partial charge in [-0.1, -0.05) is 0 Å². The monoisotopic (exact) mass is 259 g/mol. The second-order valence-electron chi connectivity index (χ2n) is 4.27. The van der Waals surface area contributed by atoms with Crippen LogP contribution in [0, 0.1) is 18.3 Å². The molecule has 5 nitrogen and oxygen atoms in total. The van der Waals surface area contributed by atoms with E-state index in [0.29, 0.717) is 6.54 Å². The van der Waals surface area contributed by atoms with Gasteiger partial charge in [-0.15, -0.1) is 12.3 Å². The molecule has 1 fully saturated rings. The molecule has 0 spiro atoms. The van der Waals surface area contributed by atoms with Gasteiger partial charge in [0.05, 0.1) is 18.4 Å². The summed E-state index contributed by atoms with van der Waals surface area (Å²) < 4.78 is 4.61. The fourth-order valence-electron chi connectivity index (χ4n) is 2.04. The molecule has 0 bridgehead atoms. The first-order chi connectivity index (χ1) is 9.06. The fourth-order valence-corrected chi connectivity index (χ4v) is 2.04. The van der Waals surface area contributed by atoms with Gasteiger partial charge in [0.15, 0.2) is 0 Å². The Morgan fingerprint density at radius 3 is 2.89 bits per heavy atom. The largest absolute Gasteiger partial charge is 0.506 e. The van der Waals surface area contributed by atoms with Gasteiger partial charge in [0.25, 0.3) is 0 Å². The quantitative estimate of drug-likeness (QED) is 0.639. The van der Waals surface area contributed by atoms with Crippen LogP contribution in [-0.2, 0) is 9.53 Å². The van der Waals surface area contributed by atoms with Crippen LogP contribution in [0.5, 0.6) is 5.75 Å². The molecule has 0 radical (unpaired) electrons. The van der Waals surface area contributed by atoms with E-state index in [4.69, 9.17) is 6.42 Å². The number of hydrogen-bond donors (Lipinski definition) is 1. The summed E-state index contributed by atoms with van der Waals surface area (Å²) in [5.41, 5.74) is 0.554. The number of ether oxygens (including phenoxy) is 1. The van der Waals surface area contributed by atoms with Gasteiger partial charge in [0.2, 0.25) is 5.91 Å². The second-order valence-corrected chi connectivity index (χ2v) is 4.27. The minimum absolute atomic E-state index is 0.0707. The van der Waals surface area contributed by atoms with Gasteiger partial charge in [-0.2, -0.15) is 0 Å². The SMILES string of the molecule is C#CC1CC(=O)N(c2cc(C(=O)OC)ccc2O)C1. The second kappa shape index (κ2) is 5.02. The number of benzene rings is 1. The number of hydrogen-bond acceptors (Lipinski definition) is 4. The normalized spacial score (nSPS) is 18.2. The van der Waals surface area contributed by atoms with Crippen LogP contribution < -0.4 is 4.90 Å². The van der Waals surface area contributed by atoms with Crippen molar-refractivity contribution in [3.05, 3.63) is 23.8 Å². The maximum atomic E-state index is 11.9. The molecule has 1 aliphatic heterocycles. The molecular formula is C14H13NO4. The van der Waals surface area contributed by atoms with Gasteiger partial charge in [-0.3, -0.25) is 4.79 Å². The number of amides is 1. The molecule has 1 aromatic carbocycles. The van der Waals surface area contributed by atoms with E-state index in [0.717, 1.165) is 0 Å². The highest BCUT2D eigenvalue weighted by Crippen LogP contribution is 2.33. The summed E-state index contributed by atoms with van der Waals surface area (Å²) >= 11 is 0. The number of carbonyl (C=O) groups is 2. The zero-order valence-corrected chi connectivity index (χ0v) is 10.4. The molecule has 1 N–H and O–H groups in total. The molecule has 1 aromatic rings. The predicted octanol–water partition coefficient (Wildman–Crippen LogP) is 1.16. The lowest BCUT2D eigenvalue weighted by molar-refractivity contribution is -0.117. The van der Waals surface area contributed by atoms with Crippen molar-refractivity contribution in [2.45, 2.75) is 6.42 Å². The van der Waals surface area contributed by atoms with E-state index in [1.165, 1.54) is 30.2 Å². The molecule has 1 atom stereocenters. The smallest absolute Gasteiger partial charge is 0.337 e. The molecule has 2 rings (SSSR count). The van der Waals surface area contributed by atoms with Crippen molar-refractivity contribution in [2.24, 2.45) is 5.92 Å². The summed E-state index contributed by atoms with van der Waals surface area (Å²) in [6.07, 6.45) is 5.56. The van der Waals surface area contributed by atoms with Gasteiger partial charge in [-0.25, -0.2) is 4.79 Å². The van der Waals surface area contributed by atoms with Crippen molar-refractivity contribution in [3.8, 4) is 18.1 Å². The average Bonchev–Trinajstić information content (AvgIpc) is 2.79. The molecule has 5 heteroatoms. The zero-order chi connectivity index (χ0) is 14.0. The summed E-state index contributed by atoms with van der Waals surface area (Å²) in [4.78, 5) is 24.7. The summed E-state index contributed by atoms with van der Waals surface area (Å²) in [7, 11) is 1.27. The van der Waals surface area contributed by atoms with Crippen LogP contribution in [0.2, 0.25) is 0 Å². The Morgan fingerprint density at radius 1 is 1.58 bits per heavy atom. The Hall–Kier alpha value is -2.48. The number of methoxy groups -OCH3 is 1. The number of carbonyl (C=O) groups excluding carboxylic acids is 2. The molecule has 98 valence electrons. The summed E-state index contributed by atoms with van der Waals surface area (Å²) in [6.45, 7) is 0.341. The van der Waals surface area contributed by atoms with Crippen molar-refractivity contribution < 1.29 is 19.4 Å². The number of terminal acetylenes is 1. The molecule has 1 aliphatic rings. The van der Waals surface area contributed by atoms with Gasteiger partial charge >= 0.3 is 5.97 Å². The molecule has 0 aliphatic carbocycles. The maximum Gasteiger partial charge on any atom is 0.337 e. The molecule has 1 amide bonds. The Bertz CT molecular complexity index is 573. The van der Waals surface area contributed by atoms with Gasteiger partial charge in [0.1, 0.15) is 5.75 Å². The summed E-state index contributed by atoms with van der Waals surface area (Å²) in [6, 6.07) is 4.22. The van der Waals surface area contributed by atoms with E-state index in [-0.39, 0.29) is 35.2 Å². The highest BCUT2D eigenvalue weighted by Gasteiger charge is 2.31. The van der Waals surface area contributed by atoms with Gasteiger partial charge in [0, 0.05) is 18.9 Å². The van der Waals surface area contributed by atoms with Crippen LogP contribution in [0.15, 0.2) is 18.2 Å². The lowest BCUT2D eigenvalue weighted by atomic mass is 10.1. The number of esters is 1. The van der Waals surface area contributed by atoms with Crippen LogP contribution in [0.1, 0.15) is 16.8 Å². The Morgan fingerprint density at radius 2 is 2.32 bits per heavy atom. The Balaban J connectivity index is 2.37. The fraction of sp³-hybridized carbons (Fsp3) is 0.286. The van der Waals surface area contributed by atoms with E-state index >= 15 is 0 Å². The number of anilines is 1. The molecule has 0 aromatic heterocycles. The number of aromatic hydroxyl groups is 1. The van der Waals surface area contributed by atoms with Gasteiger partial charge < -0.3 is 14.7 Å². The van der Waals surface area contributed by atoms with Crippen molar-refractivity contribution in [2.75, 3.05) is 18.6 Å². The third kappa shape index (κ3) is 2.38. The first-order valence-corrected chi connectivity index (χ1v) is 5.74. The summed E-state index contributed by atoms with van der Waals surface area (Å²) in [5, 5.41) is 9.83. The highest BCUT2D eigenvalue weighted by molar-refractivity contribution is 5.99. The predicted molar refractivity (Wildman–Crippen MR) is 68.7 cm³/mol. The van der Waals surface area contributed by atoms with Crippen molar-refractivity contribution >= 4 is 17.6 Å². The lowest BCUT2D eigenvalue weighted by Gasteiger charge is -2.18. The lowest BCUT2D eigenvalue weighted by Crippen LogP contribution is -2.24.